The molecule has 1 saturated heterocycles. The van der Waals surface area contributed by atoms with Crippen LogP contribution in [0.1, 0.15) is 34.5 Å². The number of carbonyl (C=O) groups excluding carboxylic acids is 3. The van der Waals surface area contributed by atoms with Crippen LogP contribution in [-0.2, 0) is 9.59 Å². The summed E-state index contributed by atoms with van der Waals surface area (Å²) in [5, 5.41) is 4.66. The molecule has 1 atom stereocenters. The average Bonchev–Trinajstić information content (AvgIpc) is 3.23. The highest BCUT2D eigenvalue weighted by Crippen LogP contribution is 2.23. The second-order valence-electron chi connectivity index (χ2n) is 7.10. The number of rotatable bonds is 5. The number of thiophene rings is 1. The molecule has 0 spiro atoms. The fourth-order valence-electron chi connectivity index (χ4n) is 3.36. The second kappa shape index (κ2) is 9.01. The van der Waals surface area contributed by atoms with Crippen molar-refractivity contribution in [2.24, 2.45) is 0 Å². The average molecular weight is 400 g/mol. The zero-order valence-electron chi connectivity index (χ0n) is 16.2. The third-order valence-electron chi connectivity index (χ3n) is 4.87. The maximum absolute atomic E-state index is 13.0. The molecule has 3 rings (SSSR count). The predicted molar refractivity (Wildman–Crippen MR) is 110 cm³/mol. The Hall–Kier alpha value is -2.67. The van der Waals surface area contributed by atoms with Gasteiger partial charge in [-0.3, -0.25) is 14.4 Å². The third-order valence-corrected chi connectivity index (χ3v) is 5.73. The van der Waals surface area contributed by atoms with Gasteiger partial charge in [-0.05, 0) is 49.8 Å². The van der Waals surface area contributed by atoms with E-state index in [-0.39, 0.29) is 24.3 Å². The van der Waals surface area contributed by atoms with Gasteiger partial charge in [0, 0.05) is 19.3 Å². The molecular weight excluding hydrogens is 374 g/mol. The Morgan fingerprint density at radius 3 is 2.61 bits per heavy atom. The maximum atomic E-state index is 13.0. The van der Waals surface area contributed by atoms with E-state index in [0.717, 1.165) is 18.4 Å². The second-order valence-corrected chi connectivity index (χ2v) is 8.04. The lowest BCUT2D eigenvalue weighted by Gasteiger charge is -2.36. The van der Waals surface area contributed by atoms with Gasteiger partial charge in [0.1, 0.15) is 6.04 Å². The summed E-state index contributed by atoms with van der Waals surface area (Å²) in [6.45, 7) is 2.49. The number of piperidine rings is 1. The van der Waals surface area contributed by atoms with Crippen molar-refractivity contribution < 1.29 is 14.4 Å². The Bertz CT molecular complexity index is 833. The molecule has 0 saturated carbocycles. The van der Waals surface area contributed by atoms with Crippen molar-refractivity contribution in [2.45, 2.75) is 32.2 Å². The Morgan fingerprint density at radius 2 is 1.93 bits per heavy atom. The van der Waals surface area contributed by atoms with Gasteiger partial charge in [0.15, 0.2) is 0 Å². The van der Waals surface area contributed by atoms with Gasteiger partial charge in [-0.1, -0.05) is 23.8 Å². The molecular formula is C21H25N3O3S. The zero-order chi connectivity index (χ0) is 20.1. The fourth-order valence-corrected chi connectivity index (χ4v) is 4.04. The summed E-state index contributed by atoms with van der Waals surface area (Å²) in [4.78, 5) is 41.8. The first-order valence-corrected chi connectivity index (χ1v) is 10.3. The summed E-state index contributed by atoms with van der Waals surface area (Å²) in [6, 6.07) is 10.6. The van der Waals surface area contributed by atoms with Crippen molar-refractivity contribution in [3.8, 4) is 0 Å². The van der Waals surface area contributed by atoms with Crippen LogP contribution in [0, 0.1) is 6.92 Å². The van der Waals surface area contributed by atoms with Crippen molar-refractivity contribution >= 4 is 34.7 Å². The molecule has 1 aliphatic rings. The van der Waals surface area contributed by atoms with E-state index < -0.39 is 6.04 Å². The minimum absolute atomic E-state index is 0.0513. The Labute approximate surface area is 169 Å². The number of aryl methyl sites for hydroxylation is 1. The van der Waals surface area contributed by atoms with Crippen LogP contribution in [0.2, 0.25) is 0 Å². The summed E-state index contributed by atoms with van der Waals surface area (Å²) in [6.07, 6.45) is 2.41. The number of likely N-dealkylation sites (tertiary alicyclic amines) is 1. The number of nitrogens with zero attached hydrogens (tertiary/aromatic N) is 2. The molecule has 6 nitrogen and oxygen atoms in total. The van der Waals surface area contributed by atoms with Crippen molar-refractivity contribution in [2.75, 3.05) is 25.5 Å². The molecule has 1 N–H and O–H groups in total. The zero-order valence-corrected chi connectivity index (χ0v) is 17.0. The number of likely N-dealkylation sites (N-methyl/N-ethyl adjacent to an activating group) is 1. The molecule has 0 aliphatic carbocycles. The first kappa shape index (κ1) is 20.1. The number of nitrogens with one attached hydrogen (secondary N) is 1. The van der Waals surface area contributed by atoms with Crippen LogP contribution >= 0.6 is 11.3 Å². The van der Waals surface area contributed by atoms with Gasteiger partial charge >= 0.3 is 0 Å². The van der Waals surface area contributed by atoms with Crippen molar-refractivity contribution in [1.82, 2.24) is 9.80 Å². The van der Waals surface area contributed by atoms with Gasteiger partial charge in [0.25, 0.3) is 5.91 Å². The monoisotopic (exact) mass is 399 g/mol. The van der Waals surface area contributed by atoms with Crippen LogP contribution in [-0.4, -0.2) is 53.7 Å². The summed E-state index contributed by atoms with van der Waals surface area (Å²) in [5.41, 5.74) is 1.81. The van der Waals surface area contributed by atoms with Gasteiger partial charge < -0.3 is 15.1 Å². The lowest BCUT2D eigenvalue weighted by atomic mass is 10.0. The van der Waals surface area contributed by atoms with Crippen molar-refractivity contribution in [3.63, 3.8) is 0 Å². The number of carbonyl (C=O) groups is 3. The van der Waals surface area contributed by atoms with Gasteiger partial charge in [-0.2, -0.15) is 0 Å². The molecule has 1 aromatic heterocycles. The van der Waals surface area contributed by atoms with Crippen LogP contribution in [0.5, 0.6) is 0 Å². The van der Waals surface area contributed by atoms with E-state index in [0.29, 0.717) is 23.5 Å². The minimum atomic E-state index is -0.513. The molecule has 148 valence electrons. The van der Waals surface area contributed by atoms with Gasteiger partial charge in [-0.15, -0.1) is 11.3 Å². The van der Waals surface area contributed by atoms with E-state index in [2.05, 4.69) is 5.32 Å². The normalized spacial score (nSPS) is 16.5. The molecule has 28 heavy (non-hydrogen) atoms. The lowest BCUT2D eigenvalue weighted by Crippen LogP contribution is -2.53. The van der Waals surface area contributed by atoms with Crippen LogP contribution < -0.4 is 5.32 Å². The summed E-state index contributed by atoms with van der Waals surface area (Å²) in [7, 11) is 1.61. The SMILES string of the molecule is Cc1ccc(NC(=O)CN(C)C(=O)C2CCCCN2C(=O)c2cccs2)cc1. The number of hydrogen-bond donors (Lipinski definition) is 1. The van der Waals surface area contributed by atoms with Crippen LogP contribution in [0.15, 0.2) is 41.8 Å². The maximum Gasteiger partial charge on any atom is 0.264 e. The fraction of sp³-hybridized carbons (Fsp3) is 0.381. The topological polar surface area (TPSA) is 69.7 Å². The third kappa shape index (κ3) is 4.78. The molecule has 0 radical (unpaired) electrons. The molecule has 0 bridgehead atoms. The number of amides is 3. The molecule has 1 aliphatic heterocycles. The Kier molecular flexibility index (Phi) is 6.46. The number of hydrogen-bond acceptors (Lipinski definition) is 4. The van der Waals surface area contributed by atoms with Gasteiger partial charge in [-0.25, -0.2) is 0 Å². The van der Waals surface area contributed by atoms with E-state index in [4.69, 9.17) is 0 Å². The summed E-state index contributed by atoms with van der Waals surface area (Å²) in [5.74, 6) is -0.555. The molecule has 2 heterocycles. The van der Waals surface area contributed by atoms with Crippen LogP contribution in [0.4, 0.5) is 5.69 Å². The lowest BCUT2D eigenvalue weighted by molar-refractivity contribution is -0.138. The minimum Gasteiger partial charge on any atom is -0.335 e. The number of anilines is 1. The summed E-state index contributed by atoms with van der Waals surface area (Å²) >= 11 is 1.38. The molecule has 7 heteroatoms. The molecule has 1 fully saturated rings. The highest BCUT2D eigenvalue weighted by atomic mass is 32.1. The predicted octanol–water partition coefficient (Wildman–Crippen LogP) is 3.15. The first-order valence-electron chi connectivity index (χ1n) is 9.41. The highest BCUT2D eigenvalue weighted by Gasteiger charge is 2.34. The van der Waals surface area contributed by atoms with E-state index in [1.165, 1.54) is 16.2 Å². The van der Waals surface area contributed by atoms with Gasteiger partial charge in [0.05, 0.1) is 11.4 Å². The van der Waals surface area contributed by atoms with Crippen LogP contribution in [0.3, 0.4) is 0 Å². The van der Waals surface area contributed by atoms with E-state index in [9.17, 15) is 14.4 Å². The van der Waals surface area contributed by atoms with Gasteiger partial charge in [0.2, 0.25) is 11.8 Å². The molecule has 1 unspecified atom stereocenters. The molecule has 1 aromatic carbocycles. The quantitative estimate of drug-likeness (QED) is 0.840. The smallest absolute Gasteiger partial charge is 0.264 e. The van der Waals surface area contributed by atoms with Crippen molar-refractivity contribution in [3.05, 3.63) is 52.2 Å². The van der Waals surface area contributed by atoms with E-state index in [1.54, 1.807) is 18.0 Å². The Balaban J connectivity index is 1.62. The van der Waals surface area contributed by atoms with E-state index in [1.807, 2.05) is 42.6 Å². The standard InChI is InChI=1S/C21H25N3O3S/c1-15-8-10-16(11-9-15)22-19(25)14-23(2)20(26)17-6-3-4-12-24(17)21(27)18-7-5-13-28-18/h5,7-11,13,17H,3-4,6,12,14H2,1-2H3,(H,22,25). The van der Waals surface area contributed by atoms with Crippen molar-refractivity contribution in [1.29, 1.82) is 0 Å². The van der Waals surface area contributed by atoms with E-state index >= 15 is 0 Å². The van der Waals surface area contributed by atoms with Crippen LogP contribution in [0.25, 0.3) is 0 Å². The molecule has 2 aromatic rings. The molecule has 3 amide bonds. The summed E-state index contributed by atoms with van der Waals surface area (Å²) < 4.78 is 0. The largest absolute Gasteiger partial charge is 0.335 e. The number of benzene rings is 1. The Morgan fingerprint density at radius 1 is 1.18 bits per heavy atom. The first-order chi connectivity index (χ1) is 13.5. The highest BCUT2D eigenvalue weighted by molar-refractivity contribution is 7.12.